The molecule has 180 valence electrons. The molecule has 0 amide bonds. The fourth-order valence-corrected chi connectivity index (χ4v) is 4.94. The molecule has 0 unspecified atom stereocenters. The molecule has 4 nitrogen and oxygen atoms in total. The van der Waals surface area contributed by atoms with Crippen LogP contribution in [0.3, 0.4) is 0 Å². The minimum Gasteiger partial charge on any atom is -0.355 e. The molecule has 0 radical (unpaired) electrons. The van der Waals surface area contributed by atoms with E-state index < -0.39 is 0 Å². The van der Waals surface area contributed by atoms with Crippen molar-refractivity contribution in [2.45, 2.75) is 71.1 Å². The standard InChI is InChI=1S/C31H36N4/c1-2-3-4-5-6-7-8-9-10-11-29-30-18-16-27(34-30)21-25-14-12-23(32-25)20-24-13-15-26(33-24)22-28-17-19-31(29)35-28/h12-22,32,35H,2-11H2,1H3. The normalized spacial score (nSPS) is 12.5. The average molecular weight is 465 g/mol. The summed E-state index contributed by atoms with van der Waals surface area (Å²) in [4.78, 5) is 16.8. The molecule has 5 rings (SSSR count). The number of hydrogen-bond acceptors (Lipinski definition) is 2. The molecule has 3 aromatic heterocycles. The van der Waals surface area contributed by atoms with Crippen molar-refractivity contribution in [3.8, 4) is 0 Å². The maximum Gasteiger partial charge on any atom is 0.0690 e. The molecular formula is C31H36N4. The maximum atomic E-state index is 4.99. The summed E-state index contributed by atoms with van der Waals surface area (Å²) in [5.41, 5.74) is 9.60. The Morgan fingerprint density at radius 2 is 1.11 bits per heavy atom. The van der Waals surface area contributed by atoms with Gasteiger partial charge in [0.15, 0.2) is 0 Å². The Morgan fingerprint density at radius 3 is 1.80 bits per heavy atom. The Balaban J connectivity index is 1.43. The third-order valence-electron chi connectivity index (χ3n) is 6.86. The zero-order valence-corrected chi connectivity index (χ0v) is 20.8. The van der Waals surface area contributed by atoms with E-state index in [0.717, 1.165) is 51.3 Å². The SMILES string of the molecule is CCCCCCCCCCCc1c2nc(cc3ccc(cc4nc(cc5ccc1[nH]5)C=C4)[nH]3)C=C2. The number of nitrogens with one attached hydrogen (secondary N) is 2. The lowest BCUT2D eigenvalue weighted by Crippen LogP contribution is -1.92. The van der Waals surface area contributed by atoms with E-state index >= 15 is 0 Å². The van der Waals surface area contributed by atoms with E-state index in [1.165, 1.54) is 63.4 Å². The van der Waals surface area contributed by atoms with Gasteiger partial charge in [0.2, 0.25) is 0 Å². The van der Waals surface area contributed by atoms with E-state index in [2.05, 4.69) is 83.7 Å². The highest BCUT2D eigenvalue weighted by Crippen LogP contribution is 2.23. The zero-order valence-electron chi connectivity index (χ0n) is 20.8. The lowest BCUT2D eigenvalue weighted by Gasteiger charge is -2.04. The average Bonchev–Trinajstić information content (AvgIpc) is 3.65. The molecular weight excluding hydrogens is 428 g/mol. The van der Waals surface area contributed by atoms with Crippen LogP contribution >= 0.6 is 0 Å². The van der Waals surface area contributed by atoms with Crippen LogP contribution in [0.2, 0.25) is 0 Å². The molecule has 0 aliphatic carbocycles. The van der Waals surface area contributed by atoms with Crippen LogP contribution in [-0.4, -0.2) is 19.9 Å². The highest BCUT2D eigenvalue weighted by Gasteiger charge is 2.09. The van der Waals surface area contributed by atoms with Crippen LogP contribution in [0.4, 0.5) is 0 Å². The van der Waals surface area contributed by atoms with Crippen LogP contribution in [0.15, 0.2) is 42.5 Å². The number of aromatic nitrogens is 4. The largest absolute Gasteiger partial charge is 0.355 e. The Hall–Kier alpha value is -3.40. The van der Waals surface area contributed by atoms with Crippen LogP contribution in [0.1, 0.15) is 93.1 Å². The molecule has 5 heterocycles. The third-order valence-corrected chi connectivity index (χ3v) is 6.86. The number of hydrogen-bond donors (Lipinski definition) is 2. The van der Waals surface area contributed by atoms with E-state index in [1.54, 1.807) is 0 Å². The molecule has 0 fully saturated rings. The summed E-state index contributed by atoms with van der Waals surface area (Å²) in [5.74, 6) is 0. The molecule has 2 N–H and O–H groups in total. The summed E-state index contributed by atoms with van der Waals surface area (Å²) in [6, 6.07) is 14.8. The number of nitrogens with zero attached hydrogens (tertiary/aromatic N) is 2. The van der Waals surface area contributed by atoms with Crippen LogP contribution < -0.4 is 0 Å². The van der Waals surface area contributed by atoms with Gasteiger partial charge in [-0.3, -0.25) is 0 Å². The number of rotatable bonds is 10. The molecule has 2 aliphatic rings. The van der Waals surface area contributed by atoms with Gasteiger partial charge in [0.05, 0.1) is 22.8 Å². The monoisotopic (exact) mass is 464 g/mol. The first-order chi connectivity index (χ1) is 17.3. The first-order valence-corrected chi connectivity index (χ1v) is 13.3. The molecule has 2 aliphatic heterocycles. The van der Waals surface area contributed by atoms with E-state index in [1.807, 2.05) is 0 Å². The minimum absolute atomic E-state index is 0.954. The topological polar surface area (TPSA) is 57.4 Å². The van der Waals surface area contributed by atoms with E-state index in [4.69, 9.17) is 9.97 Å². The first kappa shape index (κ1) is 23.3. The first-order valence-electron chi connectivity index (χ1n) is 13.3. The van der Waals surface area contributed by atoms with Crippen molar-refractivity contribution in [3.63, 3.8) is 0 Å². The number of H-pyrrole nitrogens is 2. The summed E-state index contributed by atoms with van der Waals surface area (Å²) < 4.78 is 0. The van der Waals surface area contributed by atoms with Gasteiger partial charge >= 0.3 is 0 Å². The van der Waals surface area contributed by atoms with Crippen molar-refractivity contribution in [2.24, 2.45) is 0 Å². The van der Waals surface area contributed by atoms with E-state index in [-0.39, 0.29) is 0 Å². The van der Waals surface area contributed by atoms with Gasteiger partial charge in [0.1, 0.15) is 0 Å². The van der Waals surface area contributed by atoms with Crippen molar-refractivity contribution >= 4 is 46.4 Å². The Morgan fingerprint density at radius 1 is 0.571 bits per heavy atom. The van der Waals surface area contributed by atoms with Gasteiger partial charge in [-0.15, -0.1) is 0 Å². The fourth-order valence-electron chi connectivity index (χ4n) is 4.94. The summed E-state index contributed by atoms with van der Waals surface area (Å²) in [5, 5.41) is 0. The van der Waals surface area contributed by atoms with Crippen molar-refractivity contribution in [2.75, 3.05) is 0 Å². The van der Waals surface area contributed by atoms with Gasteiger partial charge in [-0.05, 0) is 79.6 Å². The van der Waals surface area contributed by atoms with Gasteiger partial charge < -0.3 is 9.97 Å². The second kappa shape index (κ2) is 11.4. The van der Waals surface area contributed by atoms with Crippen LogP contribution in [-0.2, 0) is 6.42 Å². The molecule has 3 aromatic rings. The van der Waals surface area contributed by atoms with Gasteiger partial charge in [0.25, 0.3) is 0 Å². The van der Waals surface area contributed by atoms with Crippen molar-refractivity contribution in [3.05, 3.63) is 70.8 Å². The number of fused-ring (bicyclic) bond motifs is 8. The molecule has 0 aromatic carbocycles. The van der Waals surface area contributed by atoms with Gasteiger partial charge in [-0.25, -0.2) is 9.97 Å². The van der Waals surface area contributed by atoms with Crippen LogP contribution in [0, 0.1) is 0 Å². The molecule has 4 heteroatoms. The Bertz CT molecular complexity index is 1370. The highest BCUT2D eigenvalue weighted by molar-refractivity contribution is 5.79. The summed E-state index contributed by atoms with van der Waals surface area (Å²) in [6.45, 7) is 2.28. The van der Waals surface area contributed by atoms with Gasteiger partial charge in [0, 0.05) is 27.6 Å². The number of aromatic amines is 2. The van der Waals surface area contributed by atoms with Gasteiger partial charge in [-0.1, -0.05) is 58.3 Å². The second-order valence-electron chi connectivity index (χ2n) is 9.74. The molecule has 0 saturated heterocycles. The lowest BCUT2D eigenvalue weighted by molar-refractivity contribution is 0.565. The molecule has 0 saturated carbocycles. The Kier molecular flexibility index (Phi) is 7.57. The maximum absolute atomic E-state index is 4.99. The van der Waals surface area contributed by atoms with E-state index in [0.29, 0.717) is 0 Å². The summed E-state index contributed by atoms with van der Waals surface area (Å²) in [7, 11) is 0. The summed E-state index contributed by atoms with van der Waals surface area (Å²) >= 11 is 0. The molecule has 8 bridgehead atoms. The van der Waals surface area contributed by atoms with Crippen molar-refractivity contribution < 1.29 is 0 Å². The van der Waals surface area contributed by atoms with Crippen LogP contribution in [0.5, 0.6) is 0 Å². The molecule has 35 heavy (non-hydrogen) atoms. The smallest absolute Gasteiger partial charge is 0.0690 e. The highest BCUT2D eigenvalue weighted by atomic mass is 14.8. The third kappa shape index (κ3) is 6.19. The van der Waals surface area contributed by atoms with Crippen molar-refractivity contribution in [1.29, 1.82) is 0 Å². The lowest BCUT2D eigenvalue weighted by atomic mass is 10.0. The summed E-state index contributed by atoms with van der Waals surface area (Å²) in [6.07, 6.45) is 21.5. The minimum atomic E-state index is 0.954. The fraction of sp³-hybridized carbons (Fsp3) is 0.355. The van der Waals surface area contributed by atoms with Crippen molar-refractivity contribution in [1.82, 2.24) is 19.9 Å². The predicted octanol–water partition coefficient (Wildman–Crippen LogP) is 8.73. The number of aryl methyl sites for hydroxylation is 1. The van der Waals surface area contributed by atoms with E-state index in [9.17, 15) is 0 Å². The molecule has 0 spiro atoms. The van der Waals surface area contributed by atoms with Gasteiger partial charge in [-0.2, -0.15) is 0 Å². The zero-order chi connectivity index (χ0) is 23.9. The molecule has 0 atom stereocenters. The predicted molar refractivity (Wildman–Crippen MR) is 150 cm³/mol. The Labute approximate surface area is 208 Å². The second-order valence-corrected chi connectivity index (χ2v) is 9.74. The quantitative estimate of drug-likeness (QED) is 0.203. The number of unbranched alkanes of at least 4 members (excludes halogenated alkanes) is 8. The van der Waals surface area contributed by atoms with Crippen LogP contribution in [0.25, 0.3) is 46.4 Å².